The summed E-state index contributed by atoms with van der Waals surface area (Å²) in [4.78, 5) is 30.2. The summed E-state index contributed by atoms with van der Waals surface area (Å²) in [5, 5.41) is 3.57. The Morgan fingerprint density at radius 1 is 1.06 bits per heavy atom. The molecule has 0 saturated carbocycles. The fourth-order valence-electron chi connectivity index (χ4n) is 3.67. The van der Waals surface area contributed by atoms with Crippen LogP contribution in [0.4, 0.5) is 0 Å². The van der Waals surface area contributed by atoms with Crippen molar-refractivity contribution in [2.24, 2.45) is 0 Å². The van der Waals surface area contributed by atoms with E-state index in [2.05, 4.69) is 10.3 Å². The second kappa shape index (κ2) is 8.88. The first-order valence-electron chi connectivity index (χ1n) is 10.5. The van der Waals surface area contributed by atoms with E-state index in [1.54, 1.807) is 34.2 Å². The molecule has 6 nitrogen and oxygen atoms in total. The van der Waals surface area contributed by atoms with Gasteiger partial charge in [0, 0.05) is 6.20 Å². The van der Waals surface area contributed by atoms with Gasteiger partial charge in [0.25, 0.3) is 11.5 Å². The van der Waals surface area contributed by atoms with Crippen molar-refractivity contribution in [3.05, 3.63) is 112 Å². The number of nitrogens with zero attached hydrogens (tertiary/aromatic N) is 2. The Labute approximate surface area is 194 Å². The Hall–Kier alpha value is -3.97. The van der Waals surface area contributed by atoms with Crippen LogP contribution in [-0.2, 0) is 13.1 Å². The standard InChI is InChI=1S/C26H21N3O3S/c1-17-6-4-7-18(14-17)16-29-13-5-8-20(26(29)31)24(30)27-15-19-11-12-22(32-19)25-28-21-9-2-3-10-23(21)33-25/h2-14H,15-16H2,1H3,(H,27,30). The number of fused-ring (bicyclic) bond motifs is 1. The molecule has 164 valence electrons. The Bertz CT molecular complexity index is 1480. The Morgan fingerprint density at radius 2 is 1.94 bits per heavy atom. The van der Waals surface area contributed by atoms with Crippen LogP contribution in [0.5, 0.6) is 0 Å². The molecule has 0 bridgehead atoms. The highest BCUT2D eigenvalue weighted by Gasteiger charge is 2.14. The Balaban J connectivity index is 1.28. The van der Waals surface area contributed by atoms with E-state index in [1.165, 1.54) is 0 Å². The number of para-hydroxylation sites is 1. The maximum atomic E-state index is 12.9. The van der Waals surface area contributed by atoms with Crippen LogP contribution < -0.4 is 10.9 Å². The normalized spacial score (nSPS) is 11.1. The number of aromatic nitrogens is 2. The summed E-state index contributed by atoms with van der Waals surface area (Å²) in [6.45, 7) is 2.59. The zero-order valence-electron chi connectivity index (χ0n) is 17.9. The molecule has 0 atom stereocenters. The predicted octanol–water partition coefficient (Wildman–Crippen LogP) is 5.00. The van der Waals surface area contributed by atoms with Gasteiger partial charge in [-0.2, -0.15) is 0 Å². The van der Waals surface area contributed by atoms with Crippen LogP contribution in [0.15, 0.2) is 88.2 Å². The monoisotopic (exact) mass is 455 g/mol. The molecule has 0 fully saturated rings. The van der Waals surface area contributed by atoms with Crippen molar-refractivity contribution in [2.45, 2.75) is 20.0 Å². The smallest absolute Gasteiger partial charge is 0.263 e. The van der Waals surface area contributed by atoms with Gasteiger partial charge in [0.2, 0.25) is 0 Å². The fourth-order valence-corrected chi connectivity index (χ4v) is 4.60. The number of nitrogens with one attached hydrogen (secondary N) is 1. The molecule has 33 heavy (non-hydrogen) atoms. The number of thiazole rings is 1. The molecule has 0 saturated heterocycles. The molecule has 3 aromatic heterocycles. The van der Waals surface area contributed by atoms with Crippen molar-refractivity contribution in [3.63, 3.8) is 0 Å². The molecule has 5 rings (SSSR count). The van der Waals surface area contributed by atoms with E-state index >= 15 is 0 Å². The molecule has 7 heteroatoms. The van der Waals surface area contributed by atoms with Crippen molar-refractivity contribution in [2.75, 3.05) is 0 Å². The predicted molar refractivity (Wildman–Crippen MR) is 129 cm³/mol. The summed E-state index contributed by atoms with van der Waals surface area (Å²) in [5.41, 5.74) is 2.83. The zero-order valence-corrected chi connectivity index (χ0v) is 18.8. The van der Waals surface area contributed by atoms with E-state index in [4.69, 9.17) is 4.42 Å². The summed E-state index contributed by atoms with van der Waals surface area (Å²) >= 11 is 1.55. The largest absolute Gasteiger partial charge is 0.457 e. The summed E-state index contributed by atoms with van der Waals surface area (Å²) in [5.74, 6) is 0.811. The fraction of sp³-hybridized carbons (Fsp3) is 0.115. The summed E-state index contributed by atoms with van der Waals surface area (Å²) < 4.78 is 8.51. The molecule has 0 aliphatic carbocycles. The number of furan rings is 1. The van der Waals surface area contributed by atoms with Crippen LogP contribution in [0, 0.1) is 6.92 Å². The second-order valence-electron chi connectivity index (χ2n) is 7.78. The van der Waals surface area contributed by atoms with E-state index in [1.807, 2.05) is 67.6 Å². The number of benzene rings is 2. The van der Waals surface area contributed by atoms with Gasteiger partial charge in [-0.3, -0.25) is 9.59 Å². The van der Waals surface area contributed by atoms with Gasteiger partial charge in [-0.15, -0.1) is 11.3 Å². The minimum Gasteiger partial charge on any atom is -0.457 e. The van der Waals surface area contributed by atoms with Gasteiger partial charge in [0.1, 0.15) is 11.3 Å². The first-order valence-corrected chi connectivity index (χ1v) is 11.4. The average molecular weight is 456 g/mol. The Kier molecular flexibility index (Phi) is 5.62. The third-order valence-electron chi connectivity index (χ3n) is 5.29. The third-order valence-corrected chi connectivity index (χ3v) is 6.34. The number of carbonyl (C=O) groups is 1. The van der Waals surface area contributed by atoms with Crippen molar-refractivity contribution in [1.82, 2.24) is 14.9 Å². The van der Waals surface area contributed by atoms with Crippen LogP contribution in [0.25, 0.3) is 21.0 Å². The number of hydrogen-bond acceptors (Lipinski definition) is 5. The molecule has 5 aromatic rings. The van der Waals surface area contributed by atoms with Gasteiger partial charge in [-0.05, 0) is 48.9 Å². The number of amides is 1. The lowest BCUT2D eigenvalue weighted by molar-refractivity contribution is 0.0946. The third kappa shape index (κ3) is 4.49. The lowest BCUT2D eigenvalue weighted by atomic mass is 10.1. The minimum atomic E-state index is -0.434. The summed E-state index contributed by atoms with van der Waals surface area (Å²) in [6, 6.07) is 22.8. The van der Waals surface area contributed by atoms with Crippen LogP contribution in [0.1, 0.15) is 27.2 Å². The van der Waals surface area contributed by atoms with Crippen molar-refractivity contribution in [3.8, 4) is 10.8 Å². The molecule has 0 unspecified atom stereocenters. The number of carbonyl (C=O) groups excluding carboxylic acids is 1. The SMILES string of the molecule is Cc1cccc(Cn2cccc(C(=O)NCc3ccc(-c4nc5ccccc5s4)o3)c2=O)c1. The maximum absolute atomic E-state index is 12.9. The van der Waals surface area contributed by atoms with Gasteiger partial charge < -0.3 is 14.3 Å². The summed E-state index contributed by atoms with van der Waals surface area (Å²) in [6.07, 6.45) is 1.69. The van der Waals surface area contributed by atoms with Crippen LogP contribution >= 0.6 is 11.3 Å². The maximum Gasteiger partial charge on any atom is 0.263 e. The molecule has 0 aliphatic heterocycles. The first-order chi connectivity index (χ1) is 16.1. The molecule has 1 N–H and O–H groups in total. The molecule has 0 radical (unpaired) electrons. The molecular weight excluding hydrogens is 434 g/mol. The van der Waals surface area contributed by atoms with Gasteiger partial charge >= 0.3 is 0 Å². The highest BCUT2D eigenvalue weighted by Crippen LogP contribution is 2.31. The van der Waals surface area contributed by atoms with Crippen molar-refractivity contribution < 1.29 is 9.21 Å². The summed E-state index contributed by atoms with van der Waals surface area (Å²) in [7, 11) is 0. The van der Waals surface area contributed by atoms with Gasteiger partial charge in [-0.1, -0.05) is 42.0 Å². The van der Waals surface area contributed by atoms with Crippen LogP contribution in [0.2, 0.25) is 0 Å². The lowest BCUT2D eigenvalue weighted by Gasteiger charge is -2.09. The van der Waals surface area contributed by atoms with Gasteiger partial charge in [-0.25, -0.2) is 4.98 Å². The molecule has 3 heterocycles. The number of pyridine rings is 1. The minimum absolute atomic E-state index is 0.100. The molecule has 2 aromatic carbocycles. The number of hydrogen-bond donors (Lipinski definition) is 1. The first kappa shape index (κ1) is 20.9. The molecule has 0 spiro atoms. The van der Waals surface area contributed by atoms with Crippen LogP contribution in [0.3, 0.4) is 0 Å². The quantitative estimate of drug-likeness (QED) is 0.391. The van der Waals surface area contributed by atoms with E-state index in [0.717, 1.165) is 26.4 Å². The van der Waals surface area contributed by atoms with Crippen LogP contribution in [-0.4, -0.2) is 15.5 Å². The molecule has 0 aliphatic rings. The molecule has 1 amide bonds. The Morgan fingerprint density at radius 3 is 2.79 bits per heavy atom. The second-order valence-corrected chi connectivity index (χ2v) is 8.81. The number of rotatable bonds is 6. The highest BCUT2D eigenvalue weighted by atomic mass is 32.1. The van der Waals surface area contributed by atoms with E-state index in [0.29, 0.717) is 18.1 Å². The highest BCUT2D eigenvalue weighted by molar-refractivity contribution is 7.21. The lowest BCUT2D eigenvalue weighted by Crippen LogP contribution is -2.32. The van der Waals surface area contributed by atoms with Gasteiger partial charge in [0.15, 0.2) is 10.8 Å². The molecular formula is C26H21N3O3S. The van der Waals surface area contributed by atoms with Gasteiger partial charge in [0.05, 0.1) is 23.3 Å². The average Bonchev–Trinajstić information content (AvgIpc) is 3.46. The van der Waals surface area contributed by atoms with E-state index < -0.39 is 5.91 Å². The van der Waals surface area contributed by atoms with E-state index in [9.17, 15) is 9.59 Å². The van der Waals surface area contributed by atoms with Crippen molar-refractivity contribution in [1.29, 1.82) is 0 Å². The van der Waals surface area contributed by atoms with Crippen molar-refractivity contribution >= 4 is 27.5 Å². The zero-order chi connectivity index (χ0) is 22.8. The topological polar surface area (TPSA) is 77.1 Å². The number of aryl methyl sites for hydroxylation is 1. The van der Waals surface area contributed by atoms with E-state index in [-0.39, 0.29) is 17.7 Å².